The van der Waals surface area contributed by atoms with Crippen LogP contribution in [0.5, 0.6) is 0 Å². The fourth-order valence-electron chi connectivity index (χ4n) is 2.65. The molecule has 1 aliphatic rings. The molecule has 1 rings (SSSR count). The van der Waals surface area contributed by atoms with Gasteiger partial charge in [-0.3, -0.25) is 9.98 Å². The molecular formula is C22H30N2O4. The largest absolute Gasteiger partial charge is 0.508 e. The van der Waals surface area contributed by atoms with Gasteiger partial charge in [0.15, 0.2) is 0 Å². The van der Waals surface area contributed by atoms with Crippen molar-refractivity contribution in [3.63, 3.8) is 0 Å². The quantitative estimate of drug-likeness (QED) is 0.322. The van der Waals surface area contributed by atoms with Gasteiger partial charge in [0.1, 0.15) is 23.0 Å². The number of aliphatic imine (C=N–C) groups is 2. The first-order chi connectivity index (χ1) is 13.3. The molecule has 2 N–H and O–H groups in total. The molecule has 1 saturated carbocycles. The van der Waals surface area contributed by atoms with Crippen LogP contribution < -0.4 is 0 Å². The van der Waals surface area contributed by atoms with Crippen molar-refractivity contribution in [2.24, 2.45) is 9.98 Å². The summed E-state index contributed by atoms with van der Waals surface area (Å²) >= 11 is 0. The molecule has 0 spiro atoms. The molecule has 0 heterocycles. The number of methoxy groups -OCH3 is 2. The molecule has 0 saturated heterocycles. The molecule has 152 valence electrons. The van der Waals surface area contributed by atoms with Crippen molar-refractivity contribution in [2.45, 2.75) is 37.8 Å². The van der Waals surface area contributed by atoms with Gasteiger partial charge in [-0.1, -0.05) is 39.2 Å². The lowest BCUT2D eigenvalue weighted by Gasteiger charge is -2.25. The average molecular weight is 386 g/mol. The fourth-order valence-corrected chi connectivity index (χ4v) is 2.65. The highest BCUT2D eigenvalue weighted by Gasteiger charge is 2.23. The number of ether oxygens (including phenoxy) is 2. The van der Waals surface area contributed by atoms with E-state index in [0.717, 1.165) is 25.7 Å². The highest BCUT2D eigenvalue weighted by molar-refractivity contribution is 5.85. The minimum atomic E-state index is -0.113. The second kappa shape index (κ2) is 11.6. The summed E-state index contributed by atoms with van der Waals surface area (Å²) in [5, 5.41) is 19.5. The Labute approximate surface area is 167 Å². The van der Waals surface area contributed by atoms with Crippen LogP contribution in [0.2, 0.25) is 0 Å². The Kier molecular flexibility index (Phi) is 9.57. The molecule has 2 unspecified atom stereocenters. The van der Waals surface area contributed by atoms with Gasteiger partial charge in [-0.15, -0.1) is 0 Å². The summed E-state index contributed by atoms with van der Waals surface area (Å²) in [5.41, 5.74) is 0.863. The number of hydrogen-bond acceptors (Lipinski definition) is 6. The van der Waals surface area contributed by atoms with Crippen molar-refractivity contribution < 1.29 is 19.7 Å². The number of allylic oxidation sites excluding steroid dienone is 4. The summed E-state index contributed by atoms with van der Waals surface area (Å²) in [6.45, 7) is 14.5. The summed E-state index contributed by atoms with van der Waals surface area (Å²) in [6, 6.07) is -0.107. The van der Waals surface area contributed by atoms with Gasteiger partial charge in [-0.05, 0) is 25.0 Å². The van der Waals surface area contributed by atoms with Gasteiger partial charge in [0.05, 0.1) is 26.3 Å². The van der Waals surface area contributed by atoms with Crippen molar-refractivity contribution in [3.05, 3.63) is 72.7 Å². The van der Waals surface area contributed by atoms with E-state index in [4.69, 9.17) is 9.47 Å². The Morgan fingerprint density at radius 2 is 1.14 bits per heavy atom. The lowest BCUT2D eigenvalue weighted by atomic mass is 9.91. The highest BCUT2D eigenvalue weighted by atomic mass is 16.5. The Hall–Kier alpha value is -3.02. The molecule has 2 atom stereocenters. The lowest BCUT2D eigenvalue weighted by Crippen LogP contribution is -2.27. The number of aliphatic hydroxyl groups excluding tert-OH is 2. The first-order valence-electron chi connectivity index (χ1n) is 9.00. The van der Waals surface area contributed by atoms with Crippen LogP contribution in [0.3, 0.4) is 0 Å². The third-order valence-electron chi connectivity index (χ3n) is 4.33. The van der Waals surface area contributed by atoms with Crippen LogP contribution in [0, 0.1) is 0 Å². The van der Waals surface area contributed by atoms with Crippen molar-refractivity contribution in [1.82, 2.24) is 0 Å². The summed E-state index contributed by atoms with van der Waals surface area (Å²) in [5.74, 6) is 0.560. The zero-order chi connectivity index (χ0) is 21.1. The monoisotopic (exact) mass is 386 g/mol. The molecule has 6 nitrogen and oxygen atoms in total. The number of nitrogens with zero attached hydrogens (tertiary/aromatic N) is 2. The average Bonchev–Trinajstić information content (AvgIpc) is 2.67. The SMILES string of the molecule is C=C(/C=C(/C=NC1CCCCC1N=C/C(=C/C(=C)OC)C(=C)O)C(=C)O)OC. The first kappa shape index (κ1) is 23.0. The van der Waals surface area contributed by atoms with Crippen LogP contribution >= 0.6 is 0 Å². The van der Waals surface area contributed by atoms with E-state index in [9.17, 15) is 10.2 Å². The van der Waals surface area contributed by atoms with E-state index >= 15 is 0 Å². The van der Waals surface area contributed by atoms with Gasteiger partial charge in [-0.2, -0.15) is 0 Å². The van der Waals surface area contributed by atoms with Crippen LogP contribution in [-0.2, 0) is 9.47 Å². The molecule has 1 aliphatic carbocycles. The lowest BCUT2D eigenvalue weighted by molar-refractivity contribution is 0.308. The molecule has 0 aromatic rings. The second-order valence-corrected chi connectivity index (χ2v) is 6.41. The second-order valence-electron chi connectivity index (χ2n) is 6.41. The molecule has 6 heteroatoms. The third kappa shape index (κ3) is 7.70. The van der Waals surface area contributed by atoms with E-state index in [1.54, 1.807) is 24.6 Å². The van der Waals surface area contributed by atoms with E-state index in [0.29, 0.717) is 22.7 Å². The summed E-state index contributed by atoms with van der Waals surface area (Å²) in [6.07, 6.45) is 10.1. The van der Waals surface area contributed by atoms with Gasteiger partial charge in [0, 0.05) is 23.6 Å². The van der Waals surface area contributed by atoms with Crippen molar-refractivity contribution in [3.8, 4) is 0 Å². The van der Waals surface area contributed by atoms with E-state index in [1.807, 2.05) is 0 Å². The molecule has 0 radical (unpaired) electrons. The number of hydrogen-bond donors (Lipinski definition) is 2. The molecule has 0 aromatic heterocycles. The minimum absolute atomic E-state index is 0.0533. The van der Waals surface area contributed by atoms with Gasteiger partial charge in [-0.25, -0.2) is 0 Å². The Balaban J connectivity index is 3.02. The predicted molar refractivity (Wildman–Crippen MR) is 115 cm³/mol. The topological polar surface area (TPSA) is 83.6 Å². The van der Waals surface area contributed by atoms with Gasteiger partial charge in [0.2, 0.25) is 0 Å². The van der Waals surface area contributed by atoms with Crippen LogP contribution in [0.25, 0.3) is 0 Å². The van der Waals surface area contributed by atoms with Gasteiger partial charge < -0.3 is 19.7 Å². The zero-order valence-corrected chi connectivity index (χ0v) is 16.7. The summed E-state index contributed by atoms with van der Waals surface area (Å²) in [4.78, 5) is 9.20. The third-order valence-corrected chi connectivity index (χ3v) is 4.33. The summed E-state index contributed by atoms with van der Waals surface area (Å²) < 4.78 is 10.0. The molecule has 1 fully saturated rings. The van der Waals surface area contributed by atoms with Gasteiger partial charge in [0.25, 0.3) is 0 Å². The number of rotatable bonds is 10. The maximum Gasteiger partial charge on any atom is 0.117 e. The van der Waals surface area contributed by atoms with E-state index in [1.165, 1.54) is 14.2 Å². The Morgan fingerprint density at radius 1 is 0.786 bits per heavy atom. The maximum atomic E-state index is 9.75. The minimum Gasteiger partial charge on any atom is -0.508 e. The normalized spacial score (nSPS) is 20.9. The summed E-state index contributed by atoms with van der Waals surface area (Å²) in [7, 11) is 3.00. The maximum absolute atomic E-state index is 9.75. The molecule has 28 heavy (non-hydrogen) atoms. The van der Waals surface area contributed by atoms with Gasteiger partial charge >= 0.3 is 0 Å². The Morgan fingerprint density at radius 3 is 1.43 bits per heavy atom. The van der Waals surface area contributed by atoms with Crippen LogP contribution in [-0.4, -0.2) is 48.9 Å². The van der Waals surface area contributed by atoms with E-state index in [-0.39, 0.29) is 23.6 Å². The van der Waals surface area contributed by atoms with Crippen molar-refractivity contribution in [2.75, 3.05) is 14.2 Å². The molecule has 0 aromatic carbocycles. The molecular weight excluding hydrogens is 356 g/mol. The first-order valence-corrected chi connectivity index (χ1v) is 9.00. The van der Waals surface area contributed by atoms with E-state index in [2.05, 4.69) is 36.3 Å². The zero-order valence-electron chi connectivity index (χ0n) is 16.7. The molecule has 0 amide bonds. The Bertz CT molecular complexity index is 667. The van der Waals surface area contributed by atoms with E-state index < -0.39 is 0 Å². The van der Waals surface area contributed by atoms with Crippen LogP contribution in [0.15, 0.2) is 82.6 Å². The fraction of sp³-hybridized carbons (Fsp3) is 0.364. The number of aliphatic hydroxyl groups is 2. The van der Waals surface area contributed by atoms with Crippen molar-refractivity contribution in [1.29, 1.82) is 0 Å². The molecule has 0 bridgehead atoms. The van der Waals surface area contributed by atoms with Crippen LogP contribution in [0.1, 0.15) is 25.7 Å². The standard InChI is InChI=1S/C22H30N2O4/c1-15(27-5)11-19(17(3)25)13-23-21-9-7-8-10-22(21)24-14-20(18(4)26)12-16(2)28-6/h11-14,21-22,25-26H,1-4,7-10H2,5-6H3/b19-11-,20-12-,23-13?,24-14?. The molecule has 0 aliphatic heterocycles. The van der Waals surface area contributed by atoms with Crippen LogP contribution in [0.4, 0.5) is 0 Å². The highest BCUT2D eigenvalue weighted by Crippen LogP contribution is 2.24. The van der Waals surface area contributed by atoms with Crippen molar-refractivity contribution >= 4 is 12.4 Å². The predicted octanol–water partition coefficient (Wildman–Crippen LogP) is 4.76. The smallest absolute Gasteiger partial charge is 0.117 e.